The first kappa shape index (κ1) is 14.5. The Morgan fingerprint density at radius 3 is 2.75 bits per heavy atom. The van der Waals surface area contributed by atoms with Gasteiger partial charge >= 0.3 is 0 Å². The molecule has 0 aromatic heterocycles. The number of non-ortho nitro benzene ring substituents is 1. The van der Waals surface area contributed by atoms with Crippen LogP contribution in [0.5, 0.6) is 0 Å². The molecule has 1 aliphatic heterocycles. The van der Waals surface area contributed by atoms with Gasteiger partial charge < -0.3 is 10.6 Å². The average Bonchev–Trinajstić information content (AvgIpc) is 2.92. The number of hydrogen-bond acceptors (Lipinski definition) is 4. The van der Waals surface area contributed by atoms with E-state index in [9.17, 15) is 14.9 Å². The first-order chi connectivity index (χ1) is 9.65. The van der Waals surface area contributed by atoms with E-state index in [2.05, 4.69) is 10.6 Å². The van der Waals surface area contributed by atoms with Crippen LogP contribution in [0.15, 0.2) is 24.3 Å². The lowest BCUT2D eigenvalue weighted by Crippen LogP contribution is -2.28. The zero-order chi connectivity index (χ0) is 14.4. The summed E-state index contributed by atoms with van der Waals surface area (Å²) >= 11 is 0. The van der Waals surface area contributed by atoms with Gasteiger partial charge in [-0.3, -0.25) is 14.9 Å². The largest absolute Gasteiger partial charge is 0.356 e. The molecule has 1 aromatic carbocycles. The molecule has 1 aromatic rings. The van der Waals surface area contributed by atoms with Crippen molar-refractivity contribution in [2.75, 3.05) is 19.6 Å². The highest BCUT2D eigenvalue weighted by atomic mass is 16.6. The summed E-state index contributed by atoms with van der Waals surface area (Å²) in [4.78, 5) is 21.8. The summed E-state index contributed by atoms with van der Waals surface area (Å²) in [6, 6.07) is 6.43. The summed E-state index contributed by atoms with van der Waals surface area (Å²) in [6.45, 7) is 2.49. The lowest BCUT2D eigenvalue weighted by Gasteiger charge is -2.09. The molecular weight excluding hydrogens is 258 g/mol. The number of nitro groups is 1. The Morgan fingerprint density at radius 1 is 1.40 bits per heavy atom. The predicted octanol–water partition coefficient (Wildman–Crippen LogP) is 1.25. The molecule has 1 unspecified atom stereocenters. The number of nitrogens with one attached hydrogen (secondary N) is 2. The number of carbonyl (C=O) groups excluding carboxylic acids is 1. The zero-order valence-corrected chi connectivity index (χ0v) is 11.3. The Labute approximate surface area is 117 Å². The third-order valence-corrected chi connectivity index (χ3v) is 3.52. The second kappa shape index (κ2) is 7.00. The number of rotatable bonds is 6. The minimum Gasteiger partial charge on any atom is -0.356 e. The molecule has 2 rings (SSSR count). The molecule has 2 N–H and O–H groups in total. The van der Waals surface area contributed by atoms with Gasteiger partial charge in [-0.25, -0.2) is 0 Å². The van der Waals surface area contributed by atoms with Crippen molar-refractivity contribution in [3.05, 3.63) is 39.9 Å². The summed E-state index contributed by atoms with van der Waals surface area (Å²) in [5.41, 5.74) is 1.07. The predicted molar refractivity (Wildman–Crippen MR) is 75.4 cm³/mol. The van der Waals surface area contributed by atoms with Gasteiger partial charge in [-0.15, -0.1) is 0 Å². The molecule has 6 nitrogen and oxygen atoms in total. The molecule has 0 spiro atoms. The van der Waals surface area contributed by atoms with Crippen LogP contribution in [0.3, 0.4) is 0 Å². The molecule has 0 aliphatic carbocycles. The zero-order valence-electron chi connectivity index (χ0n) is 11.3. The Morgan fingerprint density at radius 2 is 2.15 bits per heavy atom. The van der Waals surface area contributed by atoms with Crippen LogP contribution in [0.4, 0.5) is 5.69 Å². The van der Waals surface area contributed by atoms with Crippen molar-refractivity contribution < 1.29 is 9.72 Å². The van der Waals surface area contributed by atoms with E-state index in [1.807, 2.05) is 0 Å². The molecule has 1 atom stereocenters. The van der Waals surface area contributed by atoms with Crippen molar-refractivity contribution in [2.45, 2.75) is 19.3 Å². The van der Waals surface area contributed by atoms with Gasteiger partial charge in [0.2, 0.25) is 5.91 Å². The highest BCUT2D eigenvalue weighted by molar-refractivity contribution is 5.76. The standard InChI is InChI=1S/C14H19N3O3/c18-14(9-12-5-7-15-10-12)16-8-6-11-1-3-13(4-2-11)17(19)20/h1-4,12,15H,5-10H2,(H,16,18). The van der Waals surface area contributed by atoms with Crippen molar-refractivity contribution in [2.24, 2.45) is 5.92 Å². The van der Waals surface area contributed by atoms with Crippen molar-refractivity contribution in [3.8, 4) is 0 Å². The van der Waals surface area contributed by atoms with Gasteiger partial charge in [0, 0.05) is 25.1 Å². The van der Waals surface area contributed by atoms with Crippen LogP contribution in [0.1, 0.15) is 18.4 Å². The second-order valence-corrected chi connectivity index (χ2v) is 5.09. The maximum absolute atomic E-state index is 11.7. The average molecular weight is 277 g/mol. The molecule has 1 fully saturated rings. The fourth-order valence-corrected chi connectivity index (χ4v) is 2.35. The number of hydrogen-bond donors (Lipinski definition) is 2. The number of amides is 1. The van der Waals surface area contributed by atoms with Gasteiger partial charge in [0.25, 0.3) is 5.69 Å². The molecule has 1 aliphatic rings. The number of nitrogens with zero attached hydrogens (tertiary/aromatic N) is 1. The summed E-state index contributed by atoms with van der Waals surface area (Å²) in [7, 11) is 0. The normalized spacial score (nSPS) is 17.9. The third kappa shape index (κ3) is 4.31. The summed E-state index contributed by atoms with van der Waals surface area (Å²) < 4.78 is 0. The number of carbonyl (C=O) groups is 1. The van der Waals surface area contributed by atoms with E-state index < -0.39 is 4.92 Å². The van der Waals surface area contributed by atoms with E-state index >= 15 is 0 Å². The van der Waals surface area contributed by atoms with E-state index in [1.165, 1.54) is 12.1 Å². The van der Waals surface area contributed by atoms with Crippen LogP contribution in [0.2, 0.25) is 0 Å². The van der Waals surface area contributed by atoms with Crippen LogP contribution in [0, 0.1) is 16.0 Å². The quantitative estimate of drug-likeness (QED) is 0.605. The molecule has 6 heteroatoms. The third-order valence-electron chi connectivity index (χ3n) is 3.52. The molecule has 0 radical (unpaired) electrons. The van der Waals surface area contributed by atoms with Gasteiger partial charge in [-0.1, -0.05) is 12.1 Å². The monoisotopic (exact) mass is 277 g/mol. The van der Waals surface area contributed by atoms with Crippen LogP contribution in [0.25, 0.3) is 0 Å². The first-order valence-electron chi connectivity index (χ1n) is 6.86. The Balaban J connectivity index is 1.69. The lowest BCUT2D eigenvalue weighted by molar-refractivity contribution is -0.384. The molecule has 108 valence electrons. The maximum Gasteiger partial charge on any atom is 0.269 e. The van der Waals surface area contributed by atoms with Crippen LogP contribution in [-0.2, 0) is 11.2 Å². The summed E-state index contributed by atoms with van der Waals surface area (Å²) in [5.74, 6) is 0.537. The smallest absolute Gasteiger partial charge is 0.269 e. The Kier molecular flexibility index (Phi) is 5.06. The highest BCUT2D eigenvalue weighted by Gasteiger charge is 2.17. The molecular formula is C14H19N3O3. The second-order valence-electron chi connectivity index (χ2n) is 5.09. The van der Waals surface area contributed by atoms with E-state index in [4.69, 9.17) is 0 Å². The maximum atomic E-state index is 11.7. The summed E-state index contributed by atoms with van der Waals surface area (Å²) in [5, 5.41) is 16.7. The van der Waals surface area contributed by atoms with Crippen LogP contribution < -0.4 is 10.6 Å². The Bertz CT molecular complexity index is 467. The van der Waals surface area contributed by atoms with E-state index in [0.717, 1.165) is 25.1 Å². The van der Waals surface area contributed by atoms with Gasteiger partial charge in [0.15, 0.2) is 0 Å². The first-order valence-corrected chi connectivity index (χ1v) is 6.86. The minimum atomic E-state index is -0.415. The van der Waals surface area contributed by atoms with E-state index in [1.54, 1.807) is 12.1 Å². The van der Waals surface area contributed by atoms with Gasteiger partial charge in [0.1, 0.15) is 0 Å². The van der Waals surface area contributed by atoms with Crippen molar-refractivity contribution in [1.29, 1.82) is 0 Å². The fourth-order valence-electron chi connectivity index (χ4n) is 2.35. The van der Waals surface area contributed by atoms with Crippen LogP contribution in [-0.4, -0.2) is 30.5 Å². The summed E-state index contributed by atoms with van der Waals surface area (Å²) in [6.07, 6.45) is 2.33. The van der Waals surface area contributed by atoms with Gasteiger partial charge in [-0.2, -0.15) is 0 Å². The van der Waals surface area contributed by atoms with Gasteiger partial charge in [0.05, 0.1) is 4.92 Å². The molecule has 0 saturated carbocycles. The number of nitro benzene ring substituents is 1. The van der Waals surface area contributed by atoms with Crippen molar-refractivity contribution >= 4 is 11.6 Å². The van der Waals surface area contributed by atoms with E-state index in [-0.39, 0.29) is 11.6 Å². The van der Waals surface area contributed by atoms with Crippen LogP contribution >= 0.6 is 0 Å². The van der Waals surface area contributed by atoms with Crippen molar-refractivity contribution in [3.63, 3.8) is 0 Å². The van der Waals surface area contributed by atoms with E-state index in [0.29, 0.717) is 25.3 Å². The SMILES string of the molecule is O=C(CC1CCNC1)NCCc1ccc([N+](=O)[O-])cc1. The highest BCUT2D eigenvalue weighted by Crippen LogP contribution is 2.13. The minimum absolute atomic E-state index is 0.0839. The molecule has 1 saturated heterocycles. The topological polar surface area (TPSA) is 84.3 Å². The number of benzene rings is 1. The van der Waals surface area contributed by atoms with Gasteiger partial charge in [-0.05, 0) is 37.4 Å². The lowest BCUT2D eigenvalue weighted by atomic mass is 10.0. The Hall–Kier alpha value is -1.95. The fraction of sp³-hybridized carbons (Fsp3) is 0.500. The molecule has 0 bridgehead atoms. The molecule has 20 heavy (non-hydrogen) atoms. The molecule has 1 amide bonds. The molecule has 1 heterocycles. The van der Waals surface area contributed by atoms with Crippen molar-refractivity contribution in [1.82, 2.24) is 10.6 Å².